The van der Waals surface area contributed by atoms with Crippen molar-refractivity contribution in [1.82, 2.24) is 0 Å². The minimum absolute atomic E-state index is 0.0503. The Bertz CT molecular complexity index is 366. The molecule has 1 atom stereocenters. The van der Waals surface area contributed by atoms with Crippen molar-refractivity contribution in [3.63, 3.8) is 0 Å². The molecule has 0 radical (unpaired) electrons. The molecule has 82 valence electrons. The summed E-state index contributed by atoms with van der Waals surface area (Å²) in [5.74, 6) is 5.01. The van der Waals surface area contributed by atoms with Crippen LogP contribution in [0.5, 0.6) is 0 Å². The van der Waals surface area contributed by atoms with Crippen LogP contribution in [0.3, 0.4) is 0 Å². The Labute approximate surface area is 88.0 Å². The van der Waals surface area contributed by atoms with Gasteiger partial charge in [0.05, 0.1) is 11.5 Å². The molecule has 1 aromatic rings. The smallest absolute Gasteiger partial charge is 0.272 e. The summed E-state index contributed by atoms with van der Waals surface area (Å²) in [5.41, 5.74) is 1.65. The van der Waals surface area contributed by atoms with Gasteiger partial charge in [-0.2, -0.15) is 0 Å². The fourth-order valence-electron chi connectivity index (χ4n) is 1.37. The lowest BCUT2D eigenvalue weighted by molar-refractivity contribution is -0.385. The van der Waals surface area contributed by atoms with E-state index in [-0.39, 0.29) is 16.5 Å². The molecule has 0 fully saturated rings. The maximum absolute atomic E-state index is 10.7. The van der Waals surface area contributed by atoms with Crippen LogP contribution in [0.25, 0.3) is 0 Å². The second-order valence-corrected chi connectivity index (χ2v) is 3.54. The summed E-state index contributed by atoms with van der Waals surface area (Å²) < 4.78 is 0. The SMILES string of the molecule is Cc1ccc(C(C)CON)cc1[N+](=O)[O-]. The summed E-state index contributed by atoms with van der Waals surface area (Å²) in [6, 6.07) is 5.16. The van der Waals surface area contributed by atoms with Gasteiger partial charge in [-0.1, -0.05) is 19.1 Å². The van der Waals surface area contributed by atoms with Crippen LogP contribution in [-0.4, -0.2) is 11.5 Å². The predicted octanol–water partition coefficient (Wildman–Crippen LogP) is 1.90. The Hall–Kier alpha value is -1.46. The molecule has 0 aliphatic carbocycles. The Morgan fingerprint density at radius 3 is 2.80 bits per heavy atom. The highest BCUT2D eigenvalue weighted by Crippen LogP contribution is 2.24. The fourth-order valence-corrected chi connectivity index (χ4v) is 1.37. The maximum Gasteiger partial charge on any atom is 0.272 e. The molecule has 1 rings (SSSR count). The lowest BCUT2D eigenvalue weighted by atomic mass is 10.00. The zero-order valence-corrected chi connectivity index (χ0v) is 8.77. The zero-order chi connectivity index (χ0) is 11.4. The number of rotatable bonds is 4. The van der Waals surface area contributed by atoms with Gasteiger partial charge in [-0.05, 0) is 12.5 Å². The third kappa shape index (κ3) is 2.74. The number of hydrogen-bond donors (Lipinski definition) is 1. The number of aryl methyl sites for hydroxylation is 1. The fraction of sp³-hybridized carbons (Fsp3) is 0.400. The van der Waals surface area contributed by atoms with E-state index in [4.69, 9.17) is 5.90 Å². The van der Waals surface area contributed by atoms with Crippen LogP contribution in [0.2, 0.25) is 0 Å². The number of hydrogen-bond acceptors (Lipinski definition) is 4. The number of benzene rings is 1. The van der Waals surface area contributed by atoms with E-state index in [0.29, 0.717) is 12.2 Å². The maximum atomic E-state index is 10.7. The molecule has 5 heteroatoms. The van der Waals surface area contributed by atoms with Gasteiger partial charge in [-0.3, -0.25) is 10.1 Å². The van der Waals surface area contributed by atoms with E-state index >= 15 is 0 Å². The van der Waals surface area contributed by atoms with Gasteiger partial charge in [0.2, 0.25) is 0 Å². The van der Waals surface area contributed by atoms with Gasteiger partial charge < -0.3 is 4.84 Å². The third-order valence-corrected chi connectivity index (χ3v) is 2.35. The molecule has 0 saturated heterocycles. The molecule has 0 heterocycles. The molecule has 1 unspecified atom stereocenters. The highest BCUT2D eigenvalue weighted by Gasteiger charge is 2.14. The van der Waals surface area contributed by atoms with Gasteiger partial charge in [-0.15, -0.1) is 0 Å². The van der Waals surface area contributed by atoms with Crippen LogP contribution in [-0.2, 0) is 4.84 Å². The molecule has 5 nitrogen and oxygen atoms in total. The van der Waals surface area contributed by atoms with Crippen LogP contribution < -0.4 is 5.90 Å². The minimum Gasteiger partial charge on any atom is -0.304 e. The second kappa shape index (κ2) is 4.86. The van der Waals surface area contributed by atoms with E-state index in [1.54, 1.807) is 19.1 Å². The standard InChI is InChI=1S/C10H14N2O3/c1-7-3-4-9(8(2)6-15-11)5-10(7)12(13)14/h3-5,8H,6,11H2,1-2H3. The van der Waals surface area contributed by atoms with E-state index in [1.807, 2.05) is 13.0 Å². The molecule has 0 aliphatic heterocycles. The summed E-state index contributed by atoms with van der Waals surface area (Å²) in [5, 5.41) is 10.7. The molecule has 2 N–H and O–H groups in total. The Kier molecular flexibility index (Phi) is 3.76. The summed E-state index contributed by atoms with van der Waals surface area (Å²) in [6.45, 7) is 3.97. The van der Waals surface area contributed by atoms with Crippen molar-refractivity contribution in [3.8, 4) is 0 Å². The summed E-state index contributed by atoms with van der Waals surface area (Å²) in [6.07, 6.45) is 0. The third-order valence-electron chi connectivity index (χ3n) is 2.35. The van der Waals surface area contributed by atoms with Crippen molar-refractivity contribution >= 4 is 5.69 Å². The largest absolute Gasteiger partial charge is 0.304 e. The van der Waals surface area contributed by atoms with Crippen molar-refractivity contribution in [2.75, 3.05) is 6.61 Å². The molecule has 0 amide bonds. The van der Waals surface area contributed by atoms with Crippen molar-refractivity contribution in [2.24, 2.45) is 5.90 Å². The number of nitrogens with zero attached hydrogens (tertiary/aromatic N) is 1. The van der Waals surface area contributed by atoms with Crippen LogP contribution >= 0.6 is 0 Å². The molecule has 0 bridgehead atoms. The average Bonchev–Trinajstić information content (AvgIpc) is 2.18. The van der Waals surface area contributed by atoms with Gasteiger partial charge in [-0.25, -0.2) is 5.90 Å². The number of nitro groups is 1. The first-order valence-electron chi connectivity index (χ1n) is 4.63. The van der Waals surface area contributed by atoms with Crippen LogP contribution in [0.15, 0.2) is 18.2 Å². The number of nitro benzene ring substituents is 1. The molecule has 15 heavy (non-hydrogen) atoms. The predicted molar refractivity (Wildman–Crippen MR) is 56.4 cm³/mol. The van der Waals surface area contributed by atoms with E-state index < -0.39 is 0 Å². The van der Waals surface area contributed by atoms with Gasteiger partial charge >= 0.3 is 0 Å². The Balaban J connectivity index is 3.02. The van der Waals surface area contributed by atoms with Crippen LogP contribution in [0, 0.1) is 17.0 Å². The first-order valence-corrected chi connectivity index (χ1v) is 4.63. The lowest BCUT2D eigenvalue weighted by Crippen LogP contribution is -2.08. The topological polar surface area (TPSA) is 78.4 Å². The first kappa shape index (κ1) is 11.6. The first-order chi connectivity index (χ1) is 7.06. The van der Waals surface area contributed by atoms with Gasteiger partial charge in [0.25, 0.3) is 5.69 Å². The average molecular weight is 210 g/mol. The Morgan fingerprint density at radius 2 is 2.27 bits per heavy atom. The highest BCUT2D eigenvalue weighted by molar-refractivity contribution is 5.43. The van der Waals surface area contributed by atoms with E-state index in [2.05, 4.69) is 4.84 Å². The second-order valence-electron chi connectivity index (χ2n) is 3.54. The van der Waals surface area contributed by atoms with E-state index in [9.17, 15) is 10.1 Å². The lowest BCUT2D eigenvalue weighted by Gasteiger charge is -2.10. The van der Waals surface area contributed by atoms with Gasteiger partial charge in [0.1, 0.15) is 0 Å². The van der Waals surface area contributed by atoms with Crippen molar-refractivity contribution < 1.29 is 9.76 Å². The van der Waals surface area contributed by atoms with Crippen molar-refractivity contribution in [3.05, 3.63) is 39.4 Å². The van der Waals surface area contributed by atoms with Crippen LogP contribution in [0.1, 0.15) is 24.0 Å². The van der Waals surface area contributed by atoms with E-state index in [0.717, 1.165) is 5.56 Å². The van der Waals surface area contributed by atoms with Crippen LogP contribution in [0.4, 0.5) is 5.69 Å². The highest BCUT2D eigenvalue weighted by atomic mass is 16.6. The van der Waals surface area contributed by atoms with Gasteiger partial charge in [0, 0.05) is 17.5 Å². The monoisotopic (exact) mass is 210 g/mol. The molecule has 0 aromatic heterocycles. The quantitative estimate of drug-likeness (QED) is 0.608. The molecule has 0 saturated carbocycles. The Morgan fingerprint density at radius 1 is 1.60 bits per heavy atom. The van der Waals surface area contributed by atoms with E-state index in [1.165, 1.54) is 0 Å². The molecule has 0 spiro atoms. The van der Waals surface area contributed by atoms with Crippen molar-refractivity contribution in [2.45, 2.75) is 19.8 Å². The summed E-state index contributed by atoms with van der Waals surface area (Å²) >= 11 is 0. The van der Waals surface area contributed by atoms with Gasteiger partial charge in [0.15, 0.2) is 0 Å². The van der Waals surface area contributed by atoms with Crippen molar-refractivity contribution in [1.29, 1.82) is 0 Å². The molecule has 1 aromatic carbocycles. The summed E-state index contributed by atoms with van der Waals surface area (Å²) in [7, 11) is 0. The summed E-state index contributed by atoms with van der Waals surface area (Å²) in [4.78, 5) is 14.8. The normalized spacial score (nSPS) is 12.5. The molecular formula is C10H14N2O3. The molecule has 0 aliphatic rings. The minimum atomic E-state index is -0.380. The number of nitrogens with two attached hydrogens (primary N) is 1. The zero-order valence-electron chi connectivity index (χ0n) is 8.77. The molecular weight excluding hydrogens is 196 g/mol.